The zero-order valence-electron chi connectivity index (χ0n) is 12.7. The van der Waals surface area contributed by atoms with Gasteiger partial charge in [0, 0.05) is 16.8 Å². The summed E-state index contributed by atoms with van der Waals surface area (Å²) in [5, 5.41) is 5.14. The van der Waals surface area contributed by atoms with Crippen LogP contribution in [-0.2, 0) is 0 Å². The number of nitrogens with one attached hydrogen (secondary N) is 2. The highest BCUT2D eigenvalue weighted by Gasteiger charge is 2.12. The molecule has 0 fully saturated rings. The molecule has 8 heteroatoms. The van der Waals surface area contributed by atoms with Crippen molar-refractivity contribution in [3.63, 3.8) is 0 Å². The Balaban J connectivity index is 1.65. The normalized spacial score (nSPS) is 10.3. The first-order chi connectivity index (χ1) is 12.0. The molecule has 2 N–H and O–H groups in total. The summed E-state index contributed by atoms with van der Waals surface area (Å²) in [6.07, 6.45) is 2.90. The number of aromatic nitrogens is 2. The number of hydrogen-bond donors (Lipinski definition) is 2. The topological polar surface area (TPSA) is 76.0 Å². The van der Waals surface area contributed by atoms with Gasteiger partial charge in [0.05, 0.1) is 22.5 Å². The molecule has 0 unspecified atom stereocenters. The molecule has 0 radical (unpaired) electrons. The van der Waals surface area contributed by atoms with Crippen LogP contribution < -0.4 is 10.9 Å². The van der Waals surface area contributed by atoms with E-state index in [1.807, 2.05) is 6.07 Å². The number of nitrogens with zero attached hydrogens (tertiary/aromatic N) is 2. The minimum atomic E-state index is -0.499. The van der Waals surface area contributed by atoms with Gasteiger partial charge in [-0.15, -0.1) is 0 Å². The first kappa shape index (κ1) is 17.0. The van der Waals surface area contributed by atoms with Gasteiger partial charge in [0.25, 0.3) is 11.8 Å². The Morgan fingerprint density at radius 1 is 0.880 bits per heavy atom. The average Bonchev–Trinajstić information content (AvgIpc) is 3.10. The second-order valence-corrected chi connectivity index (χ2v) is 5.88. The van der Waals surface area contributed by atoms with E-state index in [4.69, 9.17) is 23.2 Å². The number of benzene rings is 2. The second-order valence-electron chi connectivity index (χ2n) is 5.04. The summed E-state index contributed by atoms with van der Waals surface area (Å²) in [4.78, 5) is 24.1. The fourth-order valence-corrected chi connectivity index (χ4v) is 2.42. The first-order valence-corrected chi connectivity index (χ1v) is 7.96. The highest BCUT2D eigenvalue weighted by Crippen LogP contribution is 2.19. The van der Waals surface area contributed by atoms with Gasteiger partial charge in [0.15, 0.2) is 0 Å². The van der Waals surface area contributed by atoms with E-state index in [2.05, 4.69) is 16.0 Å². The van der Waals surface area contributed by atoms with Crippen LogP contribution in [0.5, 0.6) is 0 Å². The SMILES string of the molecule is O=C(NNC(=O)c1cnn(-c2ccccc2Cl)c1)c1ccc(Cl)cc1. The maximum absolute atomic E-state index is 12.1. The highest BCUT2D eigenvalue weighted by molar-refractivity contribution is 6.32. The lowest BCUT2D eigenvalue weighted by Crippen LogP contribution is -2.41. The maximum atomic E-state index is 12.1. The molecule has 2 aromatic carbocycles. The van der Waals surface area contributed by atoms with Gasteiger partial charge in [0.2, 0.25) is 0 Å². The minimum Gasteiger partial charge on any atom is -0.267 e. The van der Waals surface area contributed by atoms with Crippen LogP contribution in [0.15, 0.2) is 60.9 Å². The van der Waals surface area contributed by atoms with Crippen LogP contribution in [0.2, 0.25) is 10.0 Å². The fourth-order valence-electron chi connectivity index (χ4n) is 2.07. The van der Waals surface area contributed by atoms with Gasteiger partial charge >= 0.3 is 0 Å². The third-order valence-electron chi connectivity index (χ3n) is 3.34. The smallest absolute Gasteiger partial charge is 0.267 e. The highest BCUT2D eigenvalue weighted by atomic mass is 35.5. The number of para-hydroxylation sites is 1. The number of hydrazine groups is 1. The molecule has 2 amide bonds. The molecule has 6 nitrogen and oxygen atoms in total. The van der Waals surface area contributed by atoms with E-state index in [9.17, 15) is 9.59 Å². The van der Waals surface area contributed by atoms with Crippen LogP contribution in [0.4, 0.5) is 0 Å². The maximum Gasteiger partial charge on any atom is 0.272 e. The molecule has 0 aliphatic heterocycles. The Labute approximate surface area is 153 Å². The number of amides is 2. The lowest BCUT2D eigenvalue weighted by molar-refractivity contribution is 0.0846. The molecule has 3 aromatic rings. The Hall–Kier alpha value is -2.83. The number of halogens is 2. The van der Waals surface area contributed by atoms with E-state index in [0.29, 0.717) is 21.3 Å². The van der Waals surface area contributed by atoms with Gasteiger partial charge < -0.3 is 0 Å². The molecule has 0 aliphatic rings. The van der Waals surface area contributed by atoms with Crippen molar-refractivity contribution in [3.05, 3.63) is 82.1 Å². The van der Waals surface area contributed by atoms with Crippen LogP contribution in [0.25, 0.3) is 5.69 Å². The van der Waals surface area contributed by atoms with Gasteiger partial charge in [0.1, 0.15) is 0 Å². The number of carbonyl (C=O) groups excluding carboxylic acids is 2. The average molecular weight is 375 g/mol. The van der Waals surface area contributed by atoms with Crippen molar-refractivity contribution in [3.8, 4) is 5.69 Å². The minimum absolute atomic E-state index is 0.274. The molecule has 0 saturated heterocycles. The van der Waals surface area contributed by atoms with Crippen LogP contribution in [0.3, 0.4) is 0 Å². The third kappa shape index (κ3) is 3.99. The molecular weight excluding hydrogens is 363 g/mol. The van der Waals surface area contributed by atoms with Crippen LogP contribution >= 0.6 is 23.2 Å². The first-order valence-electron chi connectivity index (χ1n) is 7.20. The van der Waals surface area contributed by atoms with Gasteiger partial charge in [-0.1, -0.05) is 35.3 Å². The molecule has 126 valence electrons. The van der Waals surface area contributed by atoms with Crippen molar-refractivity contribution in [2.45, 2.75) is 0 Å². The number of carbonyl (C=O) groups is 2. The molecule has 1 heterocycles. The fraction of sp³-hybridized carbons (Fsp3) is 0. The Kier molecular flexibility index (Phi) is 5.02. The van der Waals surface area contributed by atoms with E-state index in [-0.39, 0.29) is 5.56 Å². The van der Waals surface area contributed by atoms with Crippen molar-refractivity contribution in [1.82, 2.24) is 20.6 Å². The van der Waals surface area contributed by atoms with Crippen molar-refractivity contribution >= 4 is 35.0 Å². The zero-order chi connectivity index (χ0) is 17.8. The molecule has 0 spiro atoms. The van der Waals surface area contributed by atoms with Crippen molar-refractivity contribution in [2.24, 2.45) is 0 Å². The Morgan fingerprint density at radius 3 is 2.20 bits per heavy atom. The monoisotopic (exact) mass is 374 g/mol. The second kappa shape index (κ2) is 7.38. The molecule has 0 saturated carbocycles. The molecular formula is C17H12Cl2N4O2. The van der Waals surface area contributed by atoms with Crippen molar-refractivity contribution < 1.29 is 9.59 Å². The molecule has 0 bridgehead atoms. The Morgan fingerprint density at radius 2 is 1.52 bits per heavy atom. The summed E-state index contributed by atoms with van der Waals surface area (Å²) in [5.41, 5.74) is 5.96. The predicted molar refractivity (Wildman–Crippen MR) is 95.0 cm³/mol. The van der Waals surface area contributed by atoms with Crippen LogP contribution in [0.1, 0.15) is 20.7 Å². The summed E-state index contributed by atoms with van der Waals surface area (Å²) in [5.74, 6) is -0.955. The van der Waals surface area contributed by atoms with Crippen LogP contribution in [-0.4, -0.2) is 21.6 Å². The summed E-state index contributed by atoms with van der Waals surface area (Å²) in [6.45, 7) is 0. The Bertz CT molecular complexity index is 922. The van der Waals surface area contributed by atoms with Gasteiger partial charge in [-0.05, 0) is 36.4 Å². The van der Waals surface area contributed by atoms with E-state index < -0.39 is 11.8 Å². The van der Waals surface area contributed by atoms with E-state index in [0.717, 1.165) is 0 Å². The molecule has 3 rings (SSSR count). The lowest BCUT2D eigenvalue weighted by Gasteiger charge is -2.06. The zero-order valence-corrected chi connectivity index (χ0v) is 14.3. The molecule has 0 aliphatic carbocycles. The largest absolute Gasteiger partial charge is 0.272 e. The number of hydrogen-bond acceptors (Lipinski definition) is 3. The molecule has 1 aromatic heterocycles. The van der Waals surface area contributed by atoms with E-state index in [1.165, 1.54) is 17.1 Å². The quantitative estimate of drug-likeness (QED) is 0.690. The van der Waals surface area contributed by atoms with Gasteiger partial charge in [-0.25, -0.2) is 4.68 Å². The standard InChI is InChI=1S/C17H12Cl2N4O2/c18-13-7-5-11(6-8-13)16(24)21-22-17(25)12-9-20-23(10-12)15-4-2-1-3-14(15)19/h1-10H,(H,21,24)(H,22,25). The van der Waals surface area contributed by atoms with Gasteiger partial charge in [-0.3, -0.25) is 20.4 Å². The predicted octanol–water partition coefficient (Wildman–Crippen LogP) is 3.25. The van der Waals surface area contributed by atoms with Crippen molar-refractivity contribution in [2.75, 3.05) is 0 Å². The van der Waals surface area contributed by atoms with Crippen LogP contribution in [0, 0.1) is 0 Å². The summed E-state index contributed by atoms with van der Waals surface area (Å²) in [6, 6.07) is 13.4. The van der Waals surface area contributed by atoms with E-state index in [1.54, 1.807) is 42.5 Å². The summed E-state index contributed by atoms with van der Waals surface area (Å²) in [7, 11) is 0. The molecule has 0 atom stereocenters. The summed E-state index contributed by atoms with van der Waals surface area (Å²) < 4.78 is 1.48. The van der Waals surface area contributed by atoms with E-state index >= 15 is 0 Å². The third-order valence-corrected chi connectivity index (χ3v) is 3.91. The number of rotatable bonds is 3. The summed E-state index contributed by atoms with van der Waals surface area (Å²) >= 11 is 11.9. The van der Waals surface area contributed by atoms with Crippen molar-refractivity contribution in [1.29, 1.82) is 0 Å². The lowest BCUT2D eigenvalue weighted by atomic mass is 10.2. The van der Waals surface area contributed by atoms with Gasteiger partial charge in [-0.2, -0.15) is 5.10 Å². The molecule has 25 heavy (non-hydrogen) atoms.